The zero-order chi connectivity index (χ0) is 12.9. The molecule has 1 aliphatic rings. The highest BCUT2D eigenvalue weighted by atomic mass is 16.5. The maximum Gasteiger partial charge on any atom is 0.308 e. The van der Waals surface area contributed by atoms with E-state index >= 15 is 0 Å². The van der Waals surface area contributed by atoms with Gasteiger partial charge in [0.25, 0.3) is 0 Å². The van der Waals surface area contributed by atoms with Crippen LogP contribution < -0.4 is 0 Å². The minimum Gasteiger partial charge on any atom is -0.469 e. The standard InChI is InChI=1S/C14H26O3/c1-14(2,3)9-10-17-12-7-5-11(6-8-12)13(15)16-4/h11-12H,5-10H2,1-4H3. The number of hydrogen-bond donors (Lipinski definition) is 0. The largest absolute Gasteiger partial charge is 0.469 e. The molecule has 0 unspecified atom stereocenters. The number of carbonyl (C=O) groups is 1. The number of ether oxygens (including phenoxy) is 2. The SMILES string of the molecule is COC(=O)C1CCC(OCCC(C)(C)C)CC1. The van der Waals surface area contributed by atoms with E-state index in [0.717, 1.165) is 38.7 Å². The highest BCUT2D eigenvalue weighted by molar-refractivity contribution is 5.72. The van der Waals surface area contributed by atoms with E-state index in [2.05, 4.69) is 20.8 Å². The second-order valence-corrected chi connectivity index (χ2v) is 6.18. The second-order valence-electron chi connectivity index (χ2n) is 6.18. The lowest BCUT2D eigenvalue weighted by molar-refractivity contribution is -0.147. The van der Waals surface area contributed by atoms with Crippen LogP contribution in [0.15, 0.2) is 0 Å². The minimum atomic E-state index is -0.0573. The Morgan fingerprint density at radius 1 is 1.18 bits per heavy atom. The number of esters is 1. The third-order valence-corrected chi connectivity index (χ3v) is 3.41. The van der Waals surface area contributed by atoms with Crippen molar-refractivity contribution >= 4 is 5.97 Å². The molecule has 17 heavy (non-hydrogen) atoms. The van der Waals surface area contributed by atoms with Crippen LogP contribution in [0.5, 0.6) is 0 Å². The van der Waals surface area contributed by atoms with Gasteiger partial charge in [-0.15, -0.1) is 0 Å². The van der Waals surface area contributed by atoms with Gasteiger partial charge in [0.15, 0.2) is 0 Å². The Morgan fingerprint density at radius 3 is 2.24 bits per heavy atom. The van der Waals surface area contributed by atoms with Gasteiger partial charge in [0.1, 0.15) is 0 Å². The van der Waals surface area contributed by atoms with Gasteiger partial charge in [0.05, 0.1) is 19.1 Å². The summed E-state index contributed by atoms with van der Waals surface area (Å²) >= 11 is 0. The van der Waals surface area contributed by atoms with Crippen molar-refractivity contribution in [3.63, 3.8) is 0 Å². The summed E-state index contributed by atoms with van der Waals surface area (Å²) in [6.45, 7) is 7.51. The summed E-state index contributed by atoms with van der Waals surface area (Å²) in [4.78, 5) is 11.4. The predicted molar refractivity (Wildman–Crippen MR) is 67.8 cm³/mol. The summed E-state index contributed by atoms with van der Waals surface area (Å²) in [5.74, 6) is 0.0422. The average Bonchev–Trinajstić information content (AvgIpc) is 2.27. The van der Waals surface area contributed by atoms with Crippen molar-refractivity contribution in [1.82, 2.24) is 0 Å². The van der Waals surface area contributed by atoms with Gasteiger partial charge in [-0.25, -0.2) is 0 Å². The average molecular weight is 242 g/mol. The molecule has 0 aromatic rings. The van der Waals surface area contributed by atoms with E-state index < -0.39 is 0 Å². The molecule has 0 radical (unpaired) electrons. The Hall–Kier alpha value is -0.570. The molecule has 1 saturated carbocycles. The van der Waals surface area contributed by atoms with Crippen LogP contribution >= 0.6 is 0 Å². The van der Waals surface area contributed by atoms with Gasteiger partial charge in [0, 0.05) is 6.61 Å². The lowest BCUT2D eigenvalue weighted by Gasteiger charge is -2.28. The molecule has 3 nitrogen and oxygen atoms in total. The molecular weight excluding hydrogens is 216 g/mol. The first-order valence-corrected chi connectivity index (χ1v) is 6.62. The van der Waals surface area contributed by atoms with Crippen LogP contribution in [0.25, 0.3) is 0 Å². The van der Waals surface area contributed by atoms with Crippen LogP contribution in [-0.4, -0.2) is 25.8 Å². The van der Waals surface area contributed by atoms with E-state index in [-0.39, 0.29) is 11.9 Å². The molecule has 0 atom stereocenters. The van der Waals surface area contributed by atoms with E-state index in [1.54, 1.807) is 0 Å². The van der Waals surface area contributed by atoms with Crippen molar-refractivity contribution in [2.45, 2.75) is 59.0 Å². The molecule has 1 rings (SSSR count). The first-order chi connectivity index (χ1) is 7.92. The molecule has 1 aliphatic carbocycles. The fourth-order valence-electron chi connectivity index (χ4n) is 2.16. The van der Waals surface area contributed by atoms with E-state index in [9.17, 15) is 4.79 Å². The zero-order valence-corrected chi connectivity index (χ0v) is 11.6. The smallest absolute Gasteiger partial charge is 0.308 e. The Labute approximate surface area is 105 Å². The molecule has 0 spiro atoms. The third-order valence-electron chi connectivity index (χ3n) is 3.41. The monoisotopic (exact) mass is 242 g/mol. The maximum absolute atomic E-state index is 11.4. The Morgan fingerprint density at radius 2 is 1.76 bits per heavy atom. The lowest BCUT2D eigenvalue weighted by Crippen LogP contribution is -2.27. The molecule has 0 aromatic carbocycles. The van der Waals surface area contributed by atoms with E-state index in [4.69, 9.17) is 9.47 Å². The zero-order valence-electron chi connectivity index (χ0n) is 11.6. The highest BCUT2D eigenvalue weighted by Crippen LogP contribution is 2.28. The first kappa shape index (κ1) is 14.5. The molecule has 0 aromatic heterocycles. The Kier molecular flexibility index (Phi) is 5.44. The van der Waals surface area contributed by atoms with Crippen molar-refractivity contribution in [1.29, 1.82) is 0 Å². The van der Waals surface area contributed by atoms with Gasteiger partial charge < -0.3 is 9.47 Å². The third kappa shape index (κ3) is 5.53. The number of rotatable bonds is 4. The molecule has 100 valence electrons. The molecule has 0 aliphatic heterocycles. The van der Waals surface area contributed by atoms with Crippen LogP contribution in [0.1, 0.15) is 52.9 Å². The molecule has 3 heteroatoms. The molecule has 0 saturated heterocycles. The first-order valence-electron chi connectivity index (χ1n) is 6.62. The van der Waals surface area contributed by atoms with Crippen LogP contribution in [0.3, 0.4) is 0 Å². The Bertz CT molecular complexity index is 234. The normalized spacial score (nSPS) is 25.6. The van der Waals surface area contributed by atoms with E-state index in [1.165, 1.54) is 7.11 Å². The summed E-state index contributed by atoms with van der Waals surface area (Å²) in [7, 11) is 1.47. The lowest BCUT2D eigenvalue weighted by atomic mass is 9.87. The molecule has 0 bridgehead atoms. The van der Waals surface area contributed by atoms with Gasteiger partial charge in [-0.1, -0.05) is 20.8 Å². The number of hydrogen-bond acceptors (Lipinski definition) is 3. The molecule has 0 heterocycles. The molecule has 0 amide bonds. The maximum atomic E-state index is 11.4. The fraction of sp³-hybridized carbons (Fsp3) is 0.929. The van der Waals surface area contributed by atoms with Gasteiger partial charge in [-0.3, -0.25) is 4.79 Å². The molecule has 0 N–H and O–H groups in total. The van der Waals surface area contributed by atoms with Gasteiger partial charge in [-0.05, 0) is 37.5 Å². The van der Waals surface area contributed by atoms with E-state index in [0.29, 0.717) is 11.5 Å². The minimum absolute atomic E-state index is 0.0573. The van der Waals surface area contributed by atoms with E-state index in [1.807, 2.05) is 0 Å². The van der Waals surface area contributed by atoms with Crippen LogP contribution in [0, 0.1) is 11.3 Å². The van der Waals surface area contributed by atoms with Crippen molar-refractivity contribution in [3.8, 4) is 0 Å². The predicted octanol–water partition coefficient (Wildman–Crippen LogP) is 3.17. The van der Waals surface area contributed by atoms with Crippen molar-refractivity contribution in [2.24, 2.45) is 11.3 Å². The summed E-state index contributed by atoms with van der Waals surface area (Å²) in [6.07, 6.45) is 5.23. The summed E-state index contributed by atoms with van der Waals surface area (Å²) < 4.78 is 10.6. The van der Waals surface area contributed by atoms with Crippen LogP contribution in [0.2, 0.25) is 0 Å². The van der Waals surface area contributed by atoms with Gasteiger partial charge in [0.2, 0.25) is 0 Å². The second kappa shape index (κ2) is 6.39. The molecule has 1 fully saturated rings. The quantitative estimate of drug-likeness (QED) is 0.710. The van der Waals surface area contributed by atoms with Crippen LogP contribution in [0.4, 0.5) is 0 Å². The van der Waals surface area contributed by atoms with Crippen molar-refractivity contribution < 1.29 is 14.3 Å². The number of carbonyl (C=O) groups excluding carboxylic acids is 1. The van der Waals surface area contributed by atoms with Gasteiger partial charge >= 0.3 is 5.97 Å². The summed E-state index contributed by atoms with van der Waals surface area (Å²) in [6, 6.07) is 0. The summed E-state index contributed by atoms with van der Waals surface area (Å²) in [5.41, 5.74) is 0.337. The topological polar surface area (TPSA) is 35.5 Å². The van der Waals surface area contributed by atoms with Crippen molar-refractivity contribution in [2.75, 3.05) is 13.7 Å². The summed E-state index contributed by atoms with van der Waals surface area (Å²) in [5, 5.41) is 0. The number of methoxy groups -OCH3 is 1. The fourth-order valence-corrected chi connectivity index (χ4v) is 2.16. The van der Waals surface area contributed by atoms with Crippen LogP contribution in [-0.2, 0) is 14.3 Å². The highest BCUT2D eigenvalue weighted by Gasteiger charge is 2.27. The molecular formula is C14H26O3. The Balaban J connectivity index is 2.17. The van der Waals surface area contributed by atoms with Gasteiger partial charge in [-0.2, -0.15) is 0 Å². The van der Waals surface area contributed by atoms with Crippen molar-refractivity contribution in [3.05, 3.63) is 0 Å².